The van der Waals surface area contributed by atoms with Gasteiger partial charge in [-0.3, -0.25) is 4.90 Å². The predicted octanol–water partition coefficient (Wildman–Crippen LogP) is 1.73. The molecule has 4 nitrogen and oxygen atoms in total. The van der Waals surface area contributed by atoms with Crippen LogP contribution in [0, 0.1) is 11.3 Å². The maximum absolute atomic E-state index is 9.38. The minimum Gasteiger partial charge on any atom is -0.327 e. The second-order valence-electron chi connectivity index (χ2n) is 5.27. The molecule has 0 bridgehead atoms. The van der Waals surface area contributed by atoms with Crippen molar-refractivity contribution in [1.82, 2.24) is 9.30 Å². The van der Waals surface area contributed by atoms with Crippen molar-refractivity contribution in [2.75, 3.05) is 13.1 Å². The lowest BCUT2D eigenvalue weighted by Gasteiger charge is -2.30. The van der Waals surface area contributed by atoms with Crippen LogP contribution < -0.4 is 5.73 Å². The van der Waals surface area contributed by atoms with Crippen LogP contribution in [0.1, 0.15) is 24.0 Å². The fourth-order valence-electron chi connectivity index (χ4n) is 2.90. The van der Waals surface area contributed by atoms with Gasteiger partial charge in [0, 0.05) is 37.1 Å². The Balaban J connectivity index is 1.90. The van der Waals surface area contributed by atoms with Gasteiger partial charge in [0.1, 0.15) is 6.07 Å². The fourth-order valence-corrected chi connectivity index (χ4v) is 2.90. The lowest BCUT2D eigenvalue weighted by molar-refractivity contribution is 0.201. The topological polar surface area (TPSA) is 57.5 Å². The molecule has 0 aliphatic carbocycles. The number of piperidine rings is 1. The van der Waals surface area contributed by atoms with Crippen molar-refractivity contribution >= 4 is 5.52 Å². The van der Waals surface area contributed by atoms with Crippen LogP contribution in [0.25, 0.3) is 5.52 Å². The molecule has 0 aromatic carbocycles. The van der Waals surface area contributed by atoms with Gasteiger partial charge in [0.15, 0.2) is 0 Å². The van der Waals surface area contributed by atoms with Gasteiger partial charge in [-0.1, -0.05) is 6.07 Å². The third kappa shape index (κ3) is 2.35. The van der Waals surface area contributed by atoms with Crippen LogP contribution in [0.15, 0.2) is 30.6 Å². The van der Waals surface area contributed by atoms with Gasteiger partial charge >= 0.3 is 0 Å². The van der Waals surface area contributed by atoms with Gasteiger partial charge in [0.25, 0.3) is 0 Å². The standard InChI is InChI=1S/C15H18N4/c16-8-14-12(9-18-6-3-4-13(17)11-18)10-19-7-2-1-5-15(14)19/h1-2,5,7,10,13H,3-4,6,9,11,17H2/t13-/m1/s1. The zero-order valence-electron chi connectivity index (χ0n) is 10.9. The van der Waals surface area contributed by atoms with Crippen molar-refractivity contribution in [2.45, 2.75) is 25.4 Å². The zero-order valence-corrected chi connectivity index (χ0v) is 10.9. The Morgan fingerprint density at radius 3 is 3.11 bits per heavy atom. The molecule has 0 unspecified atom stereocenters. The highest BCUT2D eigenvalue weighted by atomic mass is 15.1. The maximum atomic E-state index is 9.38. The molecule has 4 heteroatoms. The summed E-state index contributed by atoms with van der Waals surface area (Å²) in [7, 11) is 0. The second-order valence-corrected chi connectivity index (χ2v) is 5.27. The van der Waals surface area contributed by atoms with E-state index >= 15 is 0 Å². The first-order valence-electron chi connectivity index (χ1n) is 6.74. The van der Waals surface area contributed by atoms with Crippen LogP contribution in [-0.2, 0) is 6.54 Å². The van der Waals surface area contributed by atoms with E-state index in [0.29, 0.717) is 0 Å². The number of hydrogen-bond donors (Lipinski definition) is 1. The van der Waals surface area contributed by atoms with E-state index in [9.17, 15) is 5.26 Å². The zero-order chi connectivity index (χ0) is 13.2. The molecule has 98 valence electrons. The van der Waals surface area contributed by atoms with Gasteiger partial charge in [-0.15, -0.1) is 0 Å². The first kappa shape index (κ1) is 12.2. The van der Waals surface area contributed by atoms with E-state index < -0.39 is 0 Å². The summed E-state index contributed by atoms with van der Waals surface area (Å²) in [6.07, 6.45) is 6.31. The van der Waals surface area contributed by atoms with Gasteiger partial charge in [0.2, 0.25) is 0 Å². The van der Waals surface area contributed by atoms with Crippen LogP contribution in [0.3, 0.4) is 0 Å². The molecular formula is C15H18N4. The minimum absolute atomic E-state index is 0.274. The Labute approximate surface area is 113 Å². The van der Waals surface area contributed by atoms with Crippen molar-refractivity contribution in [3.63, 3.8) is 0 Å². The molecule has 1 aliphatic heterocycles. The molecule has 1 fully saturated rings. The highest BCUT2D eigenvalue weighted by Gasteiger charge is 2.19. The number of fused-ring (bicyclic) bond motifs is 1. The van der Waals surface area contributed by atoms with E-state index in [2.05, 4.69) is 17.2 Å². The van der Waals surface area contributed by atoms with Gasteiger partial charge < -0.3 is 10.1 Å². The number of nitriles is 1. The summed E-state index contributed by atoms with van der Waals surface area (Å²) in [5.41, 5.74) is 8.89. The van der Waals surface area contributed by atoms with Crippen LogP contribution in [0.4, 0.5) is 0 Å². The molecule has 2 N–H and O–H groups in total. The average molecular weight is 254 g/mol. The summed E-state index contributed by atoms with van der Waals surface area (Å²) in [5, 5.41) is 9.38. The number of rotatable bonds is 2. The molecule has 3 heterocycles. The second kappa shape index (κ2) is 5.04. The maximum Gasteiger partial charge on any atom is 0.102 e. The first-order chi connectivity index (χ1) is 9.28. The van der Waals surface area contributed by atoms with Crippen molar-refractivity contribution in [3.8, 4) is 6.07 Å². The minimum atomic E-state index is 0.274. The molecule has 0 spiro atoms. The molecule has 0 saturated carbocycles. The Hall–Kier alpha value is -1.83. The van der Waals surface area contributed by atoms with Crippen LogP contribution in [-0.4, -0.2) is 28.4 Å². The van der Waals surface area contributed by atoms with Crippen LogP contribution in [0.5, 0.6) is 0 Å². The summed E-state index contributed by atoms with van der Waals surface area (Å²) >= 11 is 0. The van der Waals surface area contributed by atoms with E-state index in [1.54, 1.807) is 0 Å². The molecule has 19 heavy (non-hydrogen) atoms. The van der Waals surface area contributed by atoms with Crippen LogP contribution >= 0.6 is 0 Å². The van der Waals surface area contributed by atoms with Crippen LogP contribution in [0.2, 0.25) is 0 Å². The first-order valence-corrected chi connectivity index (χ1v) is 6.74. The SMILES string of the molecule is N#Cc1c(CN2CCC[C@@H](N)C2)cn2ccccc12. The number of pyridine rings is 1. The largest absolute Gasteiger partial charge is 0.327 e. The molecule has 0 radical (unpaired) electrons. The molecule has 2 aromatic heterocycles. The van der Waals surface area contributed by atoms with Gasteiger partial charge in [-0.25, -0.2) is 0 Å². The third-order valence-corrected chi connectivity index (χ3v) is 3.81. The quantitative estimate of drug-likeness (QED) is 0.888. The van der Waals surface area contributed by atoms with Crippen molar-refractivity contribution in [3.05, 3.63) is 41.7 Å². The highest BCUT2D eigenvalue weighted by molar-refractivity contribution is 5.65. The smallest absolute Gasteiger partial charge is 0.102 e. The molecule has 1 atom stereocenters. The molecule has 1 aliphatic rings. The Bertz CT molecular complexity index is 623. The van der Waals surface area contributed by atoms with Crippen molar-refractivity contribution < 1.29 is 0 Å². The summed E-state index contributed by atoms with van der Waals surface area (Å²) in [6.45, 7) is 2.82. The molecular weight excluding hydrogens is 236 g/mol. The lowest BCUT2D eigenvalue weighted by atomic mass is 10.1. The Morgan fingerprint density at radius 1 is 1.42 bits per heavy atom. The summed E-state index contributed by atoms with van der Waals surface area (Å²) in [5.74, 6) is 0. The summed E-state index contributed by atoms with van der Waals surface area (Å²) in [6, 6.07) is 8.55. The Kier molecular flexibility index (Phi) is 3.24. The molecule has 1 saturated heterocycles. The third-order valence-electron chi connectivity index (χ3n) is 3.81. The highest BCUT2D eigenvalue weighted by Crippen LogP contribution is 2.21. The number of aromatic nitrogens is 1. The van der Waals surface area contributed by atoms with Crippen molar-refractivity contribution in [2.24, 2.45) is 5.73 Å². The van der Waals surface area contributed by atoms with E-state index in [1.165, 1.54) is 0 Å². The fraction of sp³-hybridized carbons (Fsp3) is 0.400. The number of hydrogen-bond acceptors (Lipinski definition) is 3. The molecule has 2 aromatic rings. The van der Waals surface area contributed by atoms with Gasteiger partial charge in [-0.05, 0) is 31.5 Å². The predicted molar refractivity (Wildman–Crippen MR) is 74.6 cm³/mol. The number of nitrogens with zero attached hydrogens (tertiary/aromatic N) is 3. The number of nitrogens with two attached hydrogens (primary N) is 1. The van der Waals surface area contributed by atoms with E-state index in [1.807, 2.05) is 28.8 Å². The number of likely N-dealkylation sites (tertiary alicyclic amines) is 1. The summed E-state index contributed by atoms with van der Waals surface area (Å²) < 4.78 is 2.03. The lowest BCUT2D eigenvalue weighted by Crippen LogP contribution is -2.42. The molecule has 3 rings (SSSR count). The monoisotopic (exact) mass is 254 g/mol. The molecule has 0 amide bonds. The van der Waals surface area contributed by atoms with Gasteiger partial charge in [0.05, 0.1) is 11.1 Å². The normalized spacial score (nSPS) is 20.5. The van der Waals surface area contributed by atoms with E-state index in [4.69, 9.17) is 5.73 Å². The summed E-state index contributed by atoms with van der Waals surface area (Å²) in [4.78, 5) is 2.35. The van der Waals surface area contributed by atoms with Gasteiger partial charge in [-0.2, -0.15) is 5.26 Å². The van der Waals surface area contributed by atoms with E-state index in [-0.39, 0.29) is 6.04 Å². The Morgan fingerprint density at radius 2 is 2.32 bits per heavy atom. The van der Waals surface area contributed by atoms with Crippen molar-refractivity contribution in [1.29, 1.82) is 5.26 Å². The van der Waals surface area contributed by atoms with E-state index in [0.717, 1.165) is 49.1 Å². The average Bonchev–Trinajstić information content (AvgIpc) is 2.75.